The molecule has 21 heavy (non-hydrogen) atoms. The second kappa shape index (κ2) is 6.85. The lowest BCUT2D eigenvalue weighted by Gasteiger charge is -2.35. The Morgan fingerprint density at radius 1 is 1.29 bits per heavy atom. The van der Waals surface area contributed by atoms with E-state index in [1.165, 1.54) is 25.8 Å². The van der Waals surface area contributed by atoms with Gasteiger partial charge in [-0.2, -0.15) is 10.2 Å². The average Bonchev–Trinajstić information content (AvgIpc) is 3.17. The molecule has 0 unspecified atom stereocenters. The summed E-state index contributed by atoms with van der Waals surface area (Å²) in [7, 11) is 0. The van der Waals surface area contributed by atoms with Crippen LogP contribution >= 0.6 is 0 Å². The molecule has 2 aromatic heterocycles. The second-order valence-corrected chi connectivity index (χ2v) is 5.67. The second-order valence-electron chi connectivity index (χ2n) is 5.67. The fourth-order valence-corrected chi connectivity index (χ4v) is 3.17. The summed E-state index contributed by atoms with van der Waals surface area (Å²) in [5.41, 5.74) is 0. The zero-order chi connectivity index (χ0) is 14.5. The highest BCUT2D eigenvalue weighted by Gasteiger charge is 2.23. The molecule has 1 fully saturated rings. The fraction of sp³-hybridized carbons (Fsp3) is 0.667. The molecule has 0 N–H and O–H groups in total. The van der Waals surface area contributed by atoms with Crippen molar-refractivity contribution in [2.45, 2.75) is 58.3 Å². The summed E-state index contributed by atoms with van der Waals surface area (Å²) in [4.78, 5) is 6.99. The maximum Gasteiger partial charge on any atom is 0.141 e. The molecule has 0 amide bonds. The van der Waals surface area contributed by atoms with Crippen molar-refractivity contribution in [1.29, 1.82) is 0 Å². The maximum absolute atomic E-state index is 4.42. The zero-order valence-electron chi connectivity index (χ0n) is 12.7. The predicted octanol–water partition coefficient (Wildman–Crippen LogP) is 1.94. The van der Waals surface area contributed by atoms with Crippen LogP contribution in [-0.2, 0) is 19.6 Å². The van der Waals surface area contributed by atoms with Crippen molar-refractivity contribution in [3.63, 3.8) is 0 Å². The first-order valence-electron chi connectivity index (χ1n) is 7.95. The zero-order valence-corrected chi connectivity index (χ0v) is 12.7. The number of rotatable bonds is 6. The van der Waals surface area contributed by atoms with E-state index in [9.17, 15) is 0 Å². The van der Waals surface area contributed by atoms with Gasteiger partial charge in [0.15, 0.2) is 0 Å². The summed E-state index contributed by atoms with van der Waals surface area (Å²) >= 11 is 0. The predicted molar refractivity (Wildman–Crippen MR) is 80.6 cm³/mol. The third-order valence-electron chi connectivity index (χ3n) is 4.34. The Morgan fingerprint density at radius 2 is 2.24 bits per heavy atom. The van der Waals surface area contributed by atoms with Crippen LogP contribution in [0.3, 0.4) is 0 Å². The van der Waals surface area contributed by atoms with E-state index in [2.05, 4.69) is 27.0 Å². The first-order chi connectivity index (χ1) is 10.4. The number of likely N-dealkylation sites (tertiary alicyclic amines) is 1. The molecule has 114 valence electrons. The van der Waals surface area contributed by atoms with Crippen molar-refractivity contribution in [2.75, 3.05) is 6.54 Å². The molecule has 0 spiro atoms. The summed E-state index contributed by atoms with van der Waals surface area (Å²) < 4.78 is 4.03. The van der Waals surface area contributed by atoms with Crippen molar-refractivity contribution in [2.24, 2.45) is 0 Å². The number of piperidine rings is 1. The highest BCUT2D eigenvalue weighted by atomic mass is 15.3. The highest BCUT2D eigenvalue weighted by Crippen LogP contribution is 2.22. The minimum absolute atomic E-state index is 0.630. The average molecular weight is 288 g/mol. The normalized spacial score (nSPS) is 20.0. The molecule has 1 aliphatic rings. The first-order valence-corrected chi connectivity index (χ1v) is 7.95. The van der Waals surface area contributed by atoms with Crippen LogP contribution in [0, 0.1) is 0 Å². The molecule has 6 heteroatoms. The molecule has 6 nitrogen and oxygen atoms in total. The van der Waals surface area contributed by atoms with Crippen molar-refractivity contribution in [3.05, 3.63) is 30.6 Å². The van der Waals surface area contributed by atoms with Crippen LogP contribution in [-0.4, -0.2) is 42.0 Å². The van der Waals surface area contributed by atoms with Crippen molar-refractivity contribution >= 4 is 0 Å². The highest BCUT2D eigenvalue weighted by molar-refractivity contribution is 4.88. The fourth-order valence-electron chi connectivity index (χ4n) is 3.17. The molecule has 0 aromatic carbocycles. The monoisotopic (exact) mass is 288 g/mol. The number of nitrogens with zero attached hydrogens (tertiary/aromatic N) is 6. The van der Waals surface area contributed by atoms with Crippen LogP contribution in [0.25, 0.3) is 0 Å². The summed E-state index contributed by atoms with van der Waals surface area (Å²) in [6, 6.07) is 2.62. The number of hydrogen-bond donors (Lipinski definition) is 0. The summed E-state index contributed by atoms with van der Waals surface area (Å²) in [5.74, 6) is 1.09. The Labute approximate surface area is 125 Å². The third kappa shape index (κ3) is 3.50. The molecule has 1 aliphatic heterocycles. The van der Waals surface area contributed by atoms with Crippen molar-refractivity contribution in [3.8, 4) is 0 Å². The minimum atomic E-state index is 0.630. The molecule has 1 atom stereocenters. The lowest BCUT2D eigenvalue weighted by atomic mass is 9.99. The maximum atomic E-state index is 4.42. The lowest BCUT2D eigenvalue weighted by molar-refractivity contribution is 0.122. The first kappa shape index (κ1) is 14.3. The summed E-state index contributed by atoms with van der Waals surface area (Å²) in [6.45, 7) is 6.08. The third-order valence-corrected chi connectivity index (χ3v) is 4.34. The number of hydrogen-bond acceptors (Lipinski definition) is 4. The van der Waals surface area contributed by atoms with Gasteiger partial charge in [-0.3, -0.25) is 9.58 Å². The molecular weight excluding hydrogens is 264 g/mol. The molecule has 1 saturated heterocycles. The van der Waals surface area contributed by atoms with Gasteiger partial charge in [0, 0.05) is 31.5 Å². The largest absolute Gasteiger partial charge is 0.293 e. The molecule has 2 aromatic rings. The lowest BCUT2D eigenvalue weighted by Crippen LogP contribution is -2.40. The van der Waals surface area contributed by atoms with Crippen LogP contribution in [0.1, 0.15) is 38.4 Å². The molecule has 0 aliphatic carbocycles. The van der Waals surface area contributed by atoms with Crippen LogP contribution < -0.4 is 0 Å². The summed E-state index contributed by atoms with van der Waals surface area (Å²) in [5, 5.41) is 8.58. The van der Waals surface area contributed by atoms with E-state index < -0.39 is 0 Å². The van der Waals surface area contributed by atoms with Crippen LogP contribution in [0.2, 0.25) is 0 Å². The van der Waals surface area contributed by atoms with E-state index in [0.717, 1.165) is 31.9 Å². The van der Waals surface area contributed by atoms with Gasteiger partial charge in [0.05, 0.1) is 6.54 Å². The van der Waals surface area contributed by atoms with E-state index in [1.54, 1.807) is 6.33 Å². The number of aromatic nitrogens is 5. The summed E-state index contributed by atoms with van der Waals surface area (Å²) in [6.07, 6.45) is 10.6. The van der Waals surface area contributed by atoms with Crippen LogP contribution in [0.5, 0.6) is 0 Å². The van der Waals surface area contributed by atoms with Gasteiger partial charge in [-0.1, -0.05) is 6.42 Å². The Morgan fingerprint density at radius 3 is 3.05 bits per heavy atom. The Balaban J connectivity index is 1.61. The quantitative estimate of drug-likeness (QED) is 0.815. The Hall–Kier alpha value is -1.69. The molecular formula is C15H24N6. The topological polar surface area (TPSA) is 51.8 Å². The van der Waals surface area contributed by atoms with Gasteiger partial charge in [-0.25, -0.2) is 9.67 Å². The Bertz CT molecular complexity index is 532. The molecule has 0 saturated carbocycles. The smallest absolute Gasteiger partial charge is 0.141 e. The van der Waals surface area contributed by atoms with Crippen molar-refractivity contribution < 1.29 is 0 Å². The van der Waals surface area contributed by atoms with Gasteiger partial charge in [-0.15, -0.1) is 0 Å². The molecule has 3 rings (SSSR count). The van der Waals surface area contributed by atoms with E-state index in [4.69, 9.17) is 0 Å². The van der Waals surface area contributed by atoms with Crippen molar-refractivity contribution in [1.82, 2.24) is 29.4 Å². The van der Waals surface area contributed by atoms with E-state index in [-0.39, 0.29) is 0 Å². The van der Waals surface area contributed by atoms with E-state index >= 15 is 0 Å². The van der Waals surface area contributed by atoms with E-state index in [1.807, 2.05) is 27.8 Å². The SMILES string of the molecule is CCn1ncnc1CN1CCCC[C@H]1CCn1cccn1. The Kier molecular flexibility index (Phi) is 4.65. The van der Waals surface area contributed by atoms with Crippen LogP contribution in [0.15, 0.2) is 24.8 Å². The standard InChI is InChI=1S/C15H24N6/c1-2-21-15(16-13-18-21)12-19-9-4-3-6-14(19)7-11-20-10-5-8-17-20/h5,8,10,13-14H,2-4,6-7,9,11-12H2,1H3/t14-/m0/s1. The van der Waals surface area contributed by atoms with Crippen LogP contribution in [0.4, 0.5) is 0 Å². The van der Waals surface area contributed by atoms with E-state index in [0.29, 0.717) is 6.04 Å². The molecule has 3 heterocycles. The minimum Gasteiger partial charge on any atom is -0.293 e. The van der Waals surface area contributed by atoms with Gasteiger partial charge < -0.3 is 0 Å². The van der Waals surface area contributed by atoms with Gasteiger partial charge in [0.1, 0.15) is 12.2 Å². The number of aryl methyl sites for hydroxylation is 2. The van der Waals surface area contributed by atoms with Gasteiger partial charge in [0.2, 0.25) is 0 Å². The van der Waals surface area contributed by atoms with Gasteiger partial charge >= 0.3 is 0 Å². The molecule has 0 bridgehead atoms. The molecule has 0 radical (unpaired) electrons. The van der Waals surface area contributed by atoms with Gasteiger partial charge in [-0.05, 0) is 38.8 Å². The van der Waals surface area contributed by atoms with Gasteiger partial charge in [0.25, 0.3) is 0 Å².